The van der Waals surface area contributed by atoms with E-state index >= 15 is 0 Å². The van der Waals surface area contributed by atoms with Crippen molar-refractivity contribution < 1.29 is 14.6 Å². The minimum Gasteiger partial charge on any atom is -0.455 e. The number of nitrogens with zero attached hydrogens (tertiary/aromatic N) is 2. The van der Waals surface area contributed by atoms with Crippen LogP contribution in [0.2, 0.25) is 0 Å². The van der Waals surface area contributed by atoms with Crippen molar-refractivity contribution in [1.82, 2.24) is 9.80 Å². The second kappa shape index (κ2) is 9.33. The van der Waals surface area contributed by atoms with Crippen molar-refractivity contribution in [3.05, 3.63) is 54.6 Å². The predicted molar refractivity (Wildman–Crippen MR) is 102 cm³/mol. The number of amides is 1. The summed E-state index contributed by atoms with van der Waals surface area (Å²) in [4.78, 5) is 16.8. The van der Waals surface area contributed by atoms with Gasteiger partial charge in [0.05, 0.1) is 18.8 Å². The van der Waals surface area contributed by atoms with Crippen LogP contribution in [0.1, 0.15) is 0 Å². The molecule has 0 spiro atoms. The molecule has 3 rings (SSSR count). The third-order valence-corrected chi connectivity index (χ3v) is 4.38. The van der Waals surface area contributed by atoms with E-state index in [-0.39, 0.29) is 12.5 Å². The van der Waals surface area contributed by atoms with E-state index in [2.05, 4.69) is 15.1 Å². The second-order valence-electron chi connectivity index (χ2n) is 6.30. The van der Waals surface area contributed by atoms with Gasteiger partial charge in [-0.2, -0.15) is 0 Å². The molecular formula is C20H25N3O3. The van der Waals surface area contributed by atoms with Crippen molar-refractivity contribution >= 4 is 11.6 Å². The number of hydrogen-bond acceptors (Lipinski definition) is 5. The van der Waals surface area contributed by atoms with Gasteiger partial charge < -0.3 is 15.2 Å². The zero-order valence-corrected chi connectivity index (χ0v) is 14.8. The van der Waals surface area contributed by atoms with E-state index in [1.54, 1.807) is 0 Å². The summed E-state index contributed by atoms with van der Waals surface area (Å²) < 4.78 is 5.88. The molecule has 0 radical (unpaired) electrons. The molecular weight excluding hydrogens is 330 g/mol. The zero-order valence-electron chi connectivity index (χ0n) is 14.8. The van der Waals surface area contributed by atoms with E-state index in [1.165, 1.54) is 0 Å². The molecule has 2 aromatic rings. The number of nitrogens with one attached hydrogen (secondary N) is 1. The molecule has 1 aliphatic heterocycles. The zero-order chi connectivity index (χ0) is 18.2. The number of carbonyl (C=O) groups is 1. The van der Waals surface area contributed by atoms with Crippen LogP contribution in [0.5, 0.6) is 11.5 Å². The Morgan fingerprint density at radius 3 is 2.35 bits per heavy atom. The van der Waals surface area contributed by atoms with Crippen LogP contribution in [0, 0.1) is 0 Å². The van der Waals surface area contributed by atoms with Crippen molar-refractivity contribution in [3.63, 3.8) is 0 Å². The van der Waals surface area contributed by atoms with Crippen molar-refractivity contribution in [2.24, 2.45) is 0 Å². The Labute approximate surface area is 154 Å². The van der Waals surface area contributed by atoms with Gasteiger partial charge in [0.1, 0.15) is 5.75 Å². The number of hydrogen-bond donors (Lipinski definition) is 2. The monoisotopic (exact) mass is 355 g/mol. The highest BCUT2D eigenvalue weighted by Gasteiger charge is 2.19. The molecule has 0 aliphatic carbocycles. The first-order valence-electron chi connectivity index (χ1n) is 8.92. The molecule has 0 saturated carbocycles. The standard InChI is InChI=1S/C20H25N3O3/c24-15-14-22-10-12-23(13-11-22)16-20(25)21-18-8-4-5-9-19(18)26-17-6-2-1-3-7-17/h1-9,24H,10-16H2,(H,21,25). The minimum atomic E-state index is -0.0512. The summed E-state index contributed by atoms with van der Waals surface area (Å²) in [6, 6.07) is 17.0. The fourth-order valence-electron chi connectivity index (χ4n) is 2.98. The molecule has 26 heavy (non-hydrogen) atoms. The molecule has 1 saturated heterocycles. The van der Waals surface area contributed by atoms with Crippen LogP contribution >= 0.6 is 0 Å². The smallest absolute Gasteiger partial charge is 0.238 e. The average Bonchev–Trinajstić information content (AvgIpc) is 2.66. The minimum absolute atomic E-state index is 0.0512. The quantitative estimate of drug-likeness (QED) is 0.796. The molecule has 0 unspecified atom stereocenters. The fourth-order valence-corrected chi connectivity index (χ4v) is 2.98. The van der Waals surface area contributed by atoms with Crippen molar-refractivity contribution in [2.75, 3.05) is 51.2 Å². The maximum atomic E-state index is 12.4. The van der Waals surface area contributed by atoms with Crippen molar-refractivity contribution in [3.8, 4) is 11.5 Å². The summed E-state index contributed by atoms with van der Waals surface area (Å²) in [5.41, 5.74) is 0.667. The van der Waals surface area contributed by atoms with Gasteiger partial charge in [-0.05, 0) is 24.3 Å². The molecule has 0 aromatic heterocycles. The summed E-state index contributed by atoms with van der Waals surface area (Å²) in [5, 5.41) is 11.9. The molecule has 1 fully saturated rings. The maximum Gasteiger partial charge on any atom is 0.238 e. The topological polar surface area (TPSA) is 65.0 Å². The Bertz CT molecular complexity index is 700. The van der Waals surface area contributed by atoms with Gasteiger partial charge in [-0.1, -0.05) is 30.3 Å². The molecule has 1 heterocycles. The summed E-state index contributed by atoms with van der Waals surface area (Å²) in [5.74, 6) is 1.30. The van der Waals surface area contributed by atoms with Crippen LogP contribution in [0.4, 0.5) is 5.69 Å². The number of ether oxygens (including phenoxy) is 1. The highest BCUT2D eigenvalue weighted by Crippen LogP contribution is 2.29. The Balaban J connectivity index is 1.55. The molecule has 6 heteroatoms. The van der Waals surface area contributed by atoms with Crippen LogP contribution in [-0.2, 0) is 4.79 Å². The van der Waals surface area contributed by atoms with Crippen molar-refractivity contribution in [1.29, 1.82) is 0 Å². The van der Waals surface area contributed by atoms with Crippen LogP contribution < -0.4 is 10.1 Å². The van der Waals surface area contributed by atoms with Crippen molar-refractivity contribution in [2.45, 2.75) is 0 Å². The molecule has 138 valence electrons. The van der Waals surface area contributed by atoms with E-state index in [0.29, 0.717) is 24.5 Å². The summed E-state index contributed by atoms with van der Waals surface area (Å²) in [6.07, 6.45) is 0. The Kier molecular flexibility index (Phi) is 6.60. The maximum absolute atomic E-state index is 12.4. The van der Waals surface area contributed by atoms with Crippen LogP contribution in [0.15, 0.2) is 54.6 Å². The third-order valence-electron chi connectivity index (χ3n) is 4.38. The average molecular weight is 355 g/mol. The van der Waals surface area contributed by atoms with Gasteiger partial charge in [-0.3, -0.25) is 14.6 Å². The normalized spacial score (nSPS) is 15.6. The highest BCUT2D eigenvalue weighted by molar-refractivity contribution is 5.93. The van der Waals surface area contributed by atoms with E-state index in [0.717, 1.165) is 31.9 Å². The number of β-amino-alcohol motifs (C(OH)–C–C–N with tert-alkyl or cyclic N) is 1. The first-order valence-corrected chi connectivity index (χ1v) is 8.92. The van der Waals surface area contributed by atoms with Gasteiger partial charge in [-0.15, -0.1) is 0 Å². The molecule has 2 N–H and O–H groups in total. The Hall–Kier alpha value is -2.41. The van der Waals surface area contributed by atoms with Crippen LogP contribution in [0.25, 0.3) is 0 Å². The predicted octanol–water partition coefficient (Wildman–Crippen LogP) is 2.03. The third kappa shape index (κ3) is 5.29. The molecule has 1 amide bonds. The molecule has 2 aromatic carbocycles. The van der Waals surface area contributed by atoms with Crippen LogP contribution in [0.3, 0.4) is 0 Å². The Morgan fingerprint density at radius 2 is 1.62 bits per heavy atom. The lowest BCUT2D eigenvalue weighted by Crippen LogP contribution is -2.49. The number of piperazine rings is 1. The molecule has 6 nitrogen and oxygen atoms in total. The van der Waals surface area contributed by atoms with Gasteiger partial charge in [-0.25, -0.2) is 0 Å². The lowest BCUT2D eigenvalue weighted by atomic mass is 10.2. The van der Waals surface area contributed by atoms with E-state index in [4.69, 9.17) is 9.84 Å². The van der Waals surface area contributed by atoms with E-state index < -0.39 is 0 Å². The fraction of sp³-hybridized carbons (Fsp3) is 0.350. The molecule has 0 bridgehead atoms. The Morgan fingerprint density at radius 1 is 0.962 bits per heavy atom. The first-order chi connectivity index (χ1) is 12.7. The summed E-state index contributed by atoms with van der Waals surface area (Å²) in [7, 11) is 0. The highest BCUT2D eigenvalue weighted by atomic mass is 16.5. The lowest BCUT2D eigenvalue weighted by Gasteiger charge is -2.33. The number of aliphatic hydroxyl groups excluding tert-OH is 1. The van der Waals surface area contributed by atoms with E-state index in [9.17, 15) is 4.79 Å². The second-order valence-corrected chi connectivity index (χ2v) is 6.30. The van der Waals surface area contributed by atoms with Gasteiger partial charge in [0.2, 0.25) is 5.91 Å². The van der Waals surface area contributed by atoms with E-state index in [1.807, 2.05) is 54.6 Å². The van der Waals surface area contributed by atoms with Gasteiger partial charge in [0.15, 0.2) is 5.75 Å². The number of aliphatic hydroxyl groups is 1. The number of rotatable bonds is 7. The molecule has 0 atom stereocenters. The van der Waals surface area contributed by atoms with Gasteiger partial charge >= 0.3 is 0 Å². The number of anilines is 1. The summed E-state index contributed by atoms with van der Waals surface area (Å²) >= 11 is 0. The SMILES string of the molecule is O=C(CN1CCN(CCO)CC1)Nc1ccccc1Oc1ccccc1. The van der Waals surface area contributed by atoms with Gasteiger partial charge in [0, 0.05) is 32.7 Å². The number of carbonyl (C=O) groups excluding carboxylic acids is 1. The van der Waals surface area contributed by atoms with Gasteiger partial charge in [0.25, 0.3) is 0 Å². The first kappa shape index (κ1) is 18.4. The largest absolute Gasteiger partial charge is 0.455 e. The van der Waals surface area contributed by atoms with Crippen LogP contribution in [-0.4, -0.2) is 66.7 Å². The molecule has 1 aliphatic rings. The number of para-hydroxylation sites is 3. The summed E-state index contributed by atoms with van der Waals surface area (Å²) in [6.45, 7) is 4.64. The lowest BCUT2D eigenvalue weighted by molar-refractivity contribution is -0.117. The number of benzene rings is 2.